The first-order valence-electron chi connectivity index (χ1n) is 1.06. The van der Waals surface area contributed by atoms with Crippen molar-refractivity contribution in [3.05, 3.63) is 0 Å². The van der Waals surface area contributed by atoms with E-state index in [1.807, 2.05) is 0 Å². The molecule has 0 unspecified atom stereocenters. The molecule has 0 bridgehead atoms. The van der Waals surface area contributed by atoms with E-state index in [0.717, 1.165) is 0 Å². The molecule has 0 amide bonds. The fraction of sp³-hybridized carbons (Fsp3) is 0. The van der Waals surface area contributed by atoms with Crippen molar-refractivity contribution < 1.29 is 86.4 Å². The quantitative estimate of drug-likeness (QED) is 0.330. The van der Waals surface area contributed by atoms with Gasteiger partial charge in [-0.1, -0.05) is 0 Å². The smallest absolute Gasteiger partial charge is 1.00 e. The Balaban J connectivity index is -0.0000000112. The Hall–Kier alpha value is 2.48. The summed E-state index contributed by atoms with van der Waals surface area (Å²) in [5, 5.41) is 0. The van der Waals surface area contributed by atoms with Crippen LogP contribution in [0.3, 0.4) is 0 Å². The van der Waals surface area contributed by atoms with Gasteiger partial charge in [-0.25, -0.2) is 0 Å². The zero-order valence-electron chi connectivity index (χ0n) is 7.42. The number of hydrogen-bond acceptors (Lipinski definition) is 2. The molecule has 56 valence electrons. The van der Waals surface area contributed by atoms with Crippen LogP contribution in [-0.4, -0.2) is 45.7 Å². The molecular formula is H6Na2O6Se2. The second kappa shape index (κ2) is 17.5. The van der Waals surface area contributed by atoms with Gasteiger partial charge < -0.3 is 2.85 Å². The molecule has 0 spiro atoms. The minimum absolute atomic E-state index is 0. The molecule has 0 atom stereocenters. The van der Waals surface area contributed by atoms with E-state index in [-0.39, 0.29) is 62.0 Å². The van der Waals surface area contributed by atoms with Crippen molar-refractivity contribution in [2.75, 3.05) is 0 Å². The molecule has 10 heavy (non-hydrogen) atoms. The minimum Gasteiger partial charge on any atom is -1.00 e. The predicted molar refractivity (Wildman–Crippen MR) is 24.0 cm³/mol. The van der Waals surface area contributed by atoms with E-state index >= 15 is 0 Å². The van der Waals surface area contributed by atoms with Crippen molar-refractivity contribution in [2.24, 2.45) is 0 Å². The van der Waals surface area contributed by atoms with E-state index in [4.69, 9.17) is 24.4 Å². The van der Waals surface area contributed by atoms with Gasteiger partial charge >= 0.3 is 113 Å². The molecule has 0 saturated carbocycles. The second-order valence-corrected chi connectivity index (χ2v) is 2.40. The molecule has 0 aliphatic heterocycles. The van der Waals surface area contributed by atoms with Gasteiger partial charge in [0, 0.05) is 0 Å². The molecule has 10 heteroatoms. The van der Waals surface area contributed by atoms with Crippen molar-refractivity contribution in [3.63, 3.8) is 0 Å². The molecule has 0 heterocycles. The normalized spacial score (nSPS) is 7.00. The summed E-state index contributed by atoms with van der Waals surface area (Å²) < 4.78 is 46.2. The van der Waals surface area contributed by atoms with Gasteiger partial charge in [0.2, 0.25) is 0 Å². The molecule has 0 aromatic carbocycles. The summed E-state index contributed by atoms with van der Waals surface area (Å²) >= 11 is -6.58. The Labute approximate surface area is 114 Å². The average molecular weight is 306 g/mol. The molecule has 4 N–H and O–H groups in total. The van der Waals surface area contributed by atoms with E-state index in [1.54, 1.807) is 0 Å². The van der Waals surface area contributed by atoms with Crippen LogP contribution in [0.5, 0.6) is 0 Å². The van der Waals surface area contributed by atoms with E-state index < -0.39 is 29.0 Å². The molecular weight excluding hydrogens is 300 g/mol. The van der Waals surface area contributed by atoms with Crippen LogP contribution in [0, 0.1) is 0 Å². The van der Waals surface area contributed by atoms with Crippen LogP contribution in [0.1, 0.15) is 2.85 Å². The summed E-state index contributed by atoms with van der Waals surface area (Å²) in [6.45, 7) is 0. The van der Waals surface area contributed by atoms with E-state index in [9.17, 15) is 0 Å². The summed E-state index contributed by atoms with van der Waals surface area (Å²) in [4.78, 5) is 0. The van der Waals surface area contributed by atoms with Gasteiger partial charge in [-0.05, 0) is 0 Å². The van der Waals surface area contributed by atoms with Crippen molar-refractivity contribution in [1.82, 2.24) is 0 Å². The third kappa shape index (κ3) is 153. The Bertz CT molecular complexity index is 79.5. The van der Waals surface area contributed by atoms with Gasteiger partial charge in [0.1, 0.15) is 0 Å². The van der Waals surface area contributed by atoms with Gasteiger partial charge in [0.25, 0.3) is 0 Å². The monoisotopic (exact) mass is 308 g/mol. The van der Waals surface area contributed by atoms with E-state index in [2.05, 4.69) is 0 Å². The SMILES string of the molecule is O=[Se](O)O.O=[Se](O)O.[H-].[H-].[Na+].[Na+]. The standard InChI is InChI=1S/2Na.2H2O3Se.2H/c;;2*1-4(2)3;;/h;;2*(H2,1,2,3);;/q2*+1;;;2*-1. The summed E-state index contributed by atoms with van der Waals surface area (Å²) in [6.07, 6.45) is 0. The Morgan fingerprint density at radius 3 is 0.800 bits per heavy atom. The van der Waals surface area contributed by atoms with Crippen LogP contribution in [0.15, 0.2) is 0 Å². The Morgan fingerprint density at radius 2 is 0.800 bits per heavy atom. The first-order chi connectivity index (χ1) is 3.46. The first kappa shape index (κ1) is 22.9. The van der Waals surface area contributed by atoms with E-state index in [0.29, 0.717) is 0 Å². The van der Waals surface area contributed by atoms with E-state index in [1.165, 1.54) is 0 Å². The average Bonchev–Trinajstić information content (AvgIpc) is 1.25. The molecule has 6 nitrogen and oxygen atoms in total. The van der Waals surface area contributed by atoms with Crippen molar-refractivity contribution in [1.29, 1.82) is 0 Å². The first-order valence-corrected chi connectivity index (χ1v) is 5.53. The van der Waals surface area contributed by atoms with Crippen molar-refractivity contribution >= 4 is 29.0 Å². The molecule has 0 aromatic rings. The number of rotatable bonds is 0. The topological polar surface area (TPSA) is 115 Å². The van der Waals surface area contributed by atoms with Crippen molar-refractivity contribution in [3.8, 4) is 0 Å². The molecule has 0 rings (SSSR count). The zero-order chi connectivity index (χ0) is 7.15. The van der Waals surface area contributed by atoms with Gasteiger partial charge in [-0.2, -0.15) is 0 Å². The van der Waals surface area contributed by atoms with Gasteiger partial charge in [-0.15, -0.1) is 0 Å². The van der Waals surface area contributed by atoms with Crippen LogP contribution in [0.4, 0.5) is 0 Å². The third-order valence-electron chi connectivity index (χ3n) is 0. The maximum absolute atomic E-state index is 8.76. The van der Waals surface area contributed by atoms with Crippen LogP contribution in [0.2, 0.25) is 0 Å². The minimum atomic E-state index is -3.29. The fourth-order valence-electron chi connectivity index (χ4n) is 0. The molecule has 0 fully saturated rings. The Kier molecular flexibility index (Phi) is 40.1. The fourth-order valence-corrected chi connectivity index (χ4v) is 0. The summed E-state index contributed by atoms with van der Waals surface area (Å²) in [5.74, 6) is 0. The third-order valence-corrected chi connectivity index (χ3v) is 0. The second-order valence-electron chi connectivity index (χ2n) is 0.461. The predicted octanol–water partition coefficient (Wildman–Crippen LogP) is -8.99. The Morgan fingerprint density at radius 1 is 0.800 bits per heavy atom. The summed E-state index contributed by atoms with van der Waals surface area (Å²) in [6, 6.07) is 0. The van der Waals surface area contributed by atoms with Gasteiger partial charge in [-0.3, -0.25) is 0 Å². The molecule has 0 aliphatic rings. The molecule has 0 aromatic heterocycles. The van der Waals surface area contributed by atoms with Crippen LogP contribution in [0.25, 0.3) is 0 Å². The maximum atomic E-state index is 8.76. The van der Waals surface area contributed by atoms with Gasteiger partial charge in [0.15, 0.2) is 0 Å². The van der Waals surface area contributed by atoms with Crippen LogP contribution >= 0.6 is 0 Å². The molecule has 0 aliphatic carbocycles. The maximum Gasteiger partial charge on any atom is 1.00 e. The number of hydrogen-bond donors (Lipinski definition) is 4. The van der Waals surface area contributed by atoms with Gasteiger partial charge in [0.05, 0.1) is 0 Å². The molecule has 0 saturated heterocycles. The zero-order valence-corrected chi connectivity index (χ0v) is 12.8. The van der Waals surface area contributed by atoms with Crippen LogP contribution < -0.4 is 59.1 Å². The molecule has 0 radical (unpaired) electrons. The summed E-state index contributed by atoms with van der Waals surface area (Å²) in [5.41, 5.74) is 0. The van der Waals surface area contributed by atoms with Crippen LogP contribution in [-0.2, 0) is 7.67 Å². The van der Waals surface area contributed by atoms with Crippen molar-refractivity contribution in [2.45, 2.75) is 0 Å². The largest absolute Gasteiger partial charge is 1.00 e. The summed E-state index contributed by atoms with van der Waals surface area (Å²) in [7, 11) is 0.